The molecule has 212 valence electrons. The van der Waals surface area contributed by atoms with E-state index in [1.54, 1.807) is 46.6 Å². The van der Waals surface area contributed by atoms with Crippen LogP contribution in [0, 0.1) is 0 Å². The predicted octanol–water partition coefficient (Wildman–Crippen LogP) is 3.01. The molecule has 1 atom stereocenters. The van der Waals surface area contributed by atoms with Gasteiger partial charge in [-0.25, -0.2) is 0 Å². The van der Waals surface area contributed by atoms with Gasteiger partial charge in [-0.05, 0) is 47.4 Å². The van der Waals surface area contributed by atoms with Crippen LogP contribution in [0.1, 0.15) is 23.1 Å². The Balaban J connectivity index is 1.65. The predicted molar refractivity (Wildman–Crippen MR) is 153 cm³/mol. The Labute approximate surface area is 234 Å². The van der Waals surface area contributed by atoms with Crippen molar-refractivity contribution in [3.8, 4) is 23.0 Å². The molecule has 0 saturated carbocycles. The number of ether oxygens (including phenoxy) is 4. The molecule has 0 aliphatic heterocycles. The number of methoxy groups -OCH3 is 4. The van der Waals surface area contributed by atoms with Crippen molar-refractivity contribution >= 4 is 17.8 Å². The first-order valence-corrected chi connectivity index (χ1v) is 12.7. The number of nitrogens with zero attached hydrogens (tertiary/aromatic N) is 1. The fraction of sp³-hybridized carbons (Fsp3) is 0.300. The molecule has 4 N–H and O–H groups in total. The summed E-state index contributed by atoms with van der Waals surface area (Å²) in [5.74, 6) is 1.52. The van der Waals surface area contributed by atoms with Crippen molar-refractivity contribution in [1.29, 1.82) is 0 Å². The molecule has 0 radical (unpaired) electrons. The molecule has 0 aliphatic carbocycles. The van der Waals surface area contributed by atoms with Crippen LogP contribution >= 0.6 is 0 Å². The zero-order valence-electron chi connectivity index (χ0n) is 23.2. The topological polar surface area (TPSA) is 134 Å². The molecule has 0 spiro atoms. The van der Waals surface area contributed by atoms with Crippen LogP contribution in [-0.4, -0.2) is 52.3 Å². The maximum Gasteiger partial charge on any atom is 0.249 e. The molecule has 3 aromatic rings. The van der Waals surface area contributed by atoms with Crippen molar-refractivity contribution in [2.24, 2.45) is 10.7 Å². The molecule has 0 bridgehead atoms. The number of guanidine groups is 1. The molecule has 40 heavy (non-hydrogen) atoms. The van der Waals surface area contributed by atoms with Crippen LogP contribution in [0.4, 0.5) is 0 Å². The number of nitrogens with one attached hydrogen (secondary N) is 2. The maximum absolute atomic E-state index is 13.2. The number of hydrogen-bond acceptors (Lipinski definition) is 6. The lowest BCUT2D eigenvalue weighted by Crippen LogP contribution is -2.50. The first kappa shape index (κ1) is 29.8. The van der Waals surface area contributed by atoms with Crippen LogP contribution in [0.5, 0.6) is 23.0 Å². The van der Waals surface area contributed by atoms with Gasteiger partial charge in [-0.2, -0.15) is 4.99 Å². The summed E-state index contributed by atoms with van der Waals surface area (Å²) >= 11 is 0. The van der Waals surface area contributed by atoms with Gasteiger partial charge < -0.3 is 35.3 Å². The van der Waals surface area contributed by atoms with Gasteiger partial charge in [-0.1, -0.05) is 42.5 Å². The van der Waals surface area contributed by atoms with E-state index in [0.717, 1.165) is 16.7 Å². The SMILES string of the molecule is COc1ccc(CCC(=O)N=C(N)NC(Cc2ccccc2)C(=O)NCc2ccc(OC)c(OC)c2)cc1OC. The van der Waals surface area contributed by atoms with E-state index in [-0.39, 0.29) is 24.8 Å². The zero-order chi connectivity index (χ0) is 28.9. The Hall–Kier alpha value is -4.73. The molecule has 3 rings (SSSR count). The summed E-state index contributed by atoms with van der Waals surface area (Å²) in [7, 11) is 6.23. The molecule has 0 saturated heterocycles. The number of aliphatic imine (C=N–C) groups is 1. The Morgan fingerprint density at radius 3 is 1.95 bits per heavy atom. The number of aryl methyl sites for hydroxylation is 1. The van der Waals surface area contributed by atoms with Crippen LogP contribution in [0.2, 0.25) is 0 Å². The summed E-state index contributed by atoms with van der Waals surface area (Å²) < 4.78 is 21.2. The second kappa shape index (κ2) is 15.0. The van der Waals surface area contributed by atoms with E-state index >= 15 is 0 Å². The van der Waals surface area contributed by atoms with E-state index in [0.29, 0.717) is 35.8 Å². The lowest BCUT2D eigenvalue weighted by molar-refractivity contribution is -0.123. The van der Waals surface area contributed by atoms with E-state index in [9.17, 15) is 9.59 Å². The van der Waals surface area contributed by atoms with E-state index in [4.69, 9.17) is 24.7 Å². The number of amides is 2. The van der Waals surface area contributed by atoms with Gasteiger partial charge in [-0.15, -0.1) is 0 Å². The fourth-order valence-corrected chi connectivity index (χ4v) is 4.05. The average molecular weight is 549 g/mol. The van der Waals surface area contributed by atoms with Crippen LogP contribution in [0.3, 0.4) is 0 Å². The van der Waals surface area contributed by atoms with Crippen molar-refractivity contribution in [1.82, 2.24) is 10.6 Å². The monoisotopic (exact) mass is 548 g/mol. The minimum absolute atomic E-state index is 0.125. The second-order valence-corrected chi connectivity index (χ2v) is 8.87. The first-order valence-electron chi connectivity index (χ1n) is 12.7. The molecule has 1 unspecified atom stereocenters. The lowest BCUT2D eigenvalue weighted by Gasteiger charge is -2.19. The molecular formula is C30H36N4O6. The number of hydrogen-bond donors (Lipinski definition) is 3. The van der Waals surface area contributed by atoms with E-state index in [1.165, 1.54) is 0 Å². The van der Waals surface area contributed by atoms with Gasteiger partial charge >= 0.3 is 0 Å². The summed E-state index contributed by atoms with van der Waals surface area (Å²) in [4.78, 5) is 29.7. The van der Waals surface area contributed by atoms with Gasteiger partial charge in [0.25, 0.3) is 0 Å². The van der Waals surface area contributed by atoms with Gasteiger partial charge in [-0.3, -0.25) is 9.59 Å². The summed E-state index contributed by atoms with van der Waals surface area (Å²) in [5.41, 5.74) is 8.72. The Bertz CT molecular complexity index is 1310. The van der Waals surface area contributed by atoms with Crippen LogP contribution < -0.4 is 35.3 Å². The molecule has 10 heteroatoms. The maximum atomic E-state index is 13.2. The van der Waals surface area contributed by atoms with E-state index in [2.05, 4.69) is 15.6 Å². The van der Waals surface area contributed by atoms with Crippen LogP contribution in [0.25, 0.3) is 0 Å². The first-order chi connectivity index (χ1) is 19.4. The normalized spacial score (nSPS) is 11.8. The highest BCUT2D eigenvalue weighted by molar-refractivity contribution is 5.95. The highest BCUT2D eigenvalue weighted by atomic mass is 16.5. The molecule has 0 heterocycles. The Morgan fingerprint density at radius 2 is 1.35 bits per heavy atom. The fourth-order valence-electron chi connectivity index (χ4n) is 4.05. The lowest BCUT2D eigenvalue weighted by atomic mass is 10.1. The smallest absolute Gasteiger partial charge is 0.249 e. The third-order valence-electron chi connectivity index (χ3n) is 6.16. The summed E-state index contributed by atoms with van der Waals surface area (Å²) in [6.45, 7) is 0.257. The third-order valence-corrected chi connectivity index (χ3v) is 6.16. The average Bonchev–Trinajstić information content (AvgIpc) is 2.98. The third kappa shape index (κ3) is 8.65. The van der Waals surface area contributed by atoms with Gasteiger partial charge in [0.15, 0.2) is 29.0 Å². The minimum Gasteiger partial charge on any atom is -0.493 e. The molecule has 0 aliphatic rings. The van der Waals surface area contributed by atoms with E-state index in [1.807, 2.05) is 48.5 Å². The van der Waals surface area contributed by atoms with Gasteiger partial charge in [0, 0.05) is 19.4 Å². The van der Waals surface area contributed by atoms with Crippen LogP contribution in [-0.2, 0) is 29.0 Å². The van der Waals surface area contributed by atoms with Gasteiger partial charge in [0.2, 0.25) is 11.8 Å². The van der Waals surface area contributed by atoms with E-state index < -0.39 is 11.9 Å². The van der Waals surface area contributed by atoms with Crippen molar-refractivity contribution in [2.75, 3.05) is 28.4 Å². The number of rotatable bonds is 13. The number of carbonyl (C=O) groups excluding carboxylic acids is 2. The number of nitrogens with two attached hydrogens (primary N) is 1. The van der Waals surface area contributed by atoms with Crippen molar-refractivity contribution in [2.45, 2.75) is 31.8 Å². The summed E-state index contributed by atoms with van der Waals surface area (Å²) in [5, 5.41) is 5.84. The molecule has 2 amide bonds. The molecular weight excluding hydrogens is 512 g/mol. The highest BCUT2D eigenvalue weighted by Crippen LogP contribution is 2.28. The quantitative estimate of drug-likeness (QED) is 0.219. The van der Waals surface area contributed by atoms with Crippen LogP contribution in [0.15, 0.2) is 71.7 Å². The Kier molecular flexibility index (Phi) is 11.2. The molecule has 0 aromatic heterocycles. The van der Waals surface area contributed by atoms with Gasteiger partial charge in [0.1, 0.15) is 6.04 Å². The molecule has 10 nitrogen and oxygen atoms in total. The van der Waals surface area contributed by atoms with Crippen molar-refractivity contribution in [3.63, 3.8) is 0 Å². The van der Waals surface area contributed by atoms with Crippen molar-refractivity contribution < 1.29 is 28.5 Å². The zero-order valence-corrected chi connectivity index (χ0v) is 23.2. The summed E-state index contributed by atoms with van der Waals surface area (Å²) in [6, 6.07) is 19.6. The number of carbonyl (C=O) groups is 2. The molecule has 3 aromatic carbocycles. The molecule has 0 fully saturated rings. The largest absolute Gasteiger partial charge is 0.493 e. The highest BCUT2D eigenvalue weighted by Gasteiger charge is 2.20. The van der Waals surface area contributed by atoms with Gasteiger partial charge in [0.05, 0.1) is 28.4 Å². The summed E-state index contributed by atoms with van der Waals surface area (Å²) in [6.07, 6.45) is 0.913. The standard InChI is InChI=1S/C30H36N4O6/c1-37-24-13-10-21(17-26(24)39-3)12-15-28(35)34-30(31)33-23(16-20-8-6-5-7-9-20)29(36)32-19-22-11-14-25(38-2)27(18-22)40-4/h5-11,13-14,17-18,23H,12,15-16,19H2,1-4H3,(H,32,36)(H3,31,33,34,35). The number of benzene rings is 3. The van der Waals surface area contributed by atoms with Crippen molar-refractivity contribution in [3.05, 3.63) is 83.4 Å². The minimum atomic E-state index is -0.759. The Morgan fingerprint density at radius 1 is 0.775 bits per heavy atom. The second-order valence-electron chi connectivity index (χ2n) is 8.87.